The summed E-state index contributed by atoms with van der Waals surface area (Å²) in [5.41, 5.74) is 0.850. The van der Waals surface area contributed by atoms with Crippen molar-refractivity contribution in [3.8, 4) is 0 Å². The highest BCUT2D eigenvalue weighted by atomic mass is 79.9. The van der Waals surface area contributed by atoms with Crippen molar-refractivity contribution in [1.29, 1.82) is 0 Å². The molecule has 3 rings (SSSR count). The fourth-order valence-corrected chi connectivity index (χ4v) is 2.72. The van der Waals surface area contributed by atoms with E-state index in [1.54, 1.807) is 4.52 Å². The van der Waals surface area contributed by atoms with Gasteiger partial charge in [-0.25, -0.2) is 4.52 Å². The van der Waals surface area contributed by atoms with Crippen molar-refractivity contribution in [3.05, 3.63) is 22.8 Å². The molecule has 1 saturated heterocycles. The second kappa shape index (κ2) is 5.24. The topological polar surface area (TPSA) is 54.2 Å². The summed E-state index contributed by atoms with van der Waals surface area (Å²) in [6, 6.07) is 3.91. The lowest BCUT2D eigenvalue weighted by molar-refractivity contribution is 0.548. The van der Waals surface area contributed by atoms with Crippen LogP contribution in [0.3, 0.4) is 0 Å². The Hall–Kier alpha value is -1.14. The second-order valence-corrected chi connectivity index (χ2v) is 5.49. The van der Waals surface area contributed by atoms with Gasteiger partial charge in [0.2, 0.25) is 5.95 Å². The average Bonchev–Trinajstić information content (AvgIpc) is 2.98. The molecule has 0 bridgehead atoms. The van der Waals surface area contributed by atoms with Gasteiger partial charge in [0.15, 0.2) is 5.65 Å². The molecule has 18 heavy (non-hydrogen) atoms. The molecule has 6 heteroatoms. The number of hydrogen-bond acceptors (Lipinski definition) is 4. The molecular formula is C12H16BrN5. The maximum Gasteiger partial charge on any atom is 0.243 e. The van der Waals surface area contributed by atoms with Crippen LogP contribution in [0, 0.1) is 5.92 Å². The SMILES string of the molecule is Brc1cccn2nc(NCCC3CCNC3)nc12. The minimum atomic E-state index is 0.702. The molecule has 1 fully saturated rings. The molecule has 3 heterocycles. The fourth-order valence-electron chi connectivity index (χ4n) is 2.30. The lowest BCUT2D eigenvalue weighted by Crippen LogP contribution is -2.13. The maximum atomic E-state index is 4.45. The number of fused-ring (bicyclic) bond motifs is 1. The summed E-state index contributed by atoms with van der Waals surface area (Å²) in [4.78, 5) is 4.45. The zero-order valence-electron chi connectivity index (χ0n) is 10.1. The number of aromatic nitrogens is 3. The molecule has 1 aliphatic rings. The number of nitrogens with one attached hydrogen (secondary N) is 2. The zero-order valence-corrected chi connectivity index (χ0v) is 11.7. The molecule has 1 aliphatic heterocycles. The van der Waals surface area contributed by atoms with Crippen LogP contribution in [0.5, 0.6) is 0 Å². The minimum Gasteiger partial charge on any atom is -0.353 e. The third kappa shape index (κ3) is 2.49. The van der Waals surface area contributed by atoms with Gasteiger partial charge in [-0.2, -0.15) is 4.98 Å². The van der Waals surface area contributed by atoms with Crippen molar-refractivity contribution < 1.29 is 0 Å². The van der Waals surface area contributed by atoms with Gasteiger partial charge < -0.3 is 10.6 Å². The Bertz CT molecular complexity index is 532. The van der Waals surface area contributed by atoms with Crippen LogP contribution in [-0.2, 0) is 0 Å². The first kappa shape index (κ1) is 11.9. The Labute approximate surface area is 114 Å². The first-order valence-corrected chi connectivity index (χ1v) is 7.08. The van der Waals surface area contributed by atoms with Crippen molar-refractivity contribution in [2.24, 2.45) is 5.92 Å². The highest BCUT2D eigenvalue weighted by Crippen LogP contribution is 2.17. The van der Waals surface area contributed by atoms with Crippen LogP contribution in [0.4, 0.5) is 5.95 Å². The lowest BCUT2D eigenvalue weighted by Gasteiger charge is -2.07. The van der Waals surface area contributed by atoms with Gasteiger partial charge in [-0.3, -0.25) is 0 Å². The van der Waals surface area contributed by atoms with Crippen LogP contribution < -0.4 is 10.6 Å². The second-order valence-electron chi connectivity index (χ2n) is 4.63. The maximum absolute atomic E-state index is 4.45. The molecule has 5 nitrogen and oxygen atoms in total. The molecule has 96 valence electrons. The number of anilines is 1. The van der Waals surface area contributed by atoms with Gasteiger partial charge in [-0.1, -0.05) is 0 Å². The number of halogens is 1. The largest absolute Gasteiger partial charge is 0.353 e. The van der Waals surface area contributed by atoms with E-state index in [0.717, 1.165) is 35.7 Å². The Morgan fingerprint density at radius 3 is 3.28 bits per heavy atom. The van der Waals surface area contributed by atoms with E-state index in [1.165, 1.54) is 12.8 Å². The van der Waals surface area contributed by atoms with E-state index in [4.69, 9.17) is 0 Å². The molecule has 0 amide bonds. The van der Waals surface area contributed by atoms with Crippen molar-refractivity contribution in [3.63, 3.8) is 0 Å². The van der Waals surface area contributed by atoms with Crippen LogP contribution in [0.15, 0.2) is 22.8 Å². The number of pyridine rings is 1. The predicted octanol–water partition coefficient (Wildman–Crippen LogP) is 1.90. The van der Waals surface area contributed by atoms with Gasteiger partial charge in [-0.15, -0.1) is 5.10 Å². The smallest absolute Gasteiger partial charge is 0.243 e. The number of nitrogens with zero attached hydrogens (tertiary/aromatic N) is 3. The van der Waals surface area contributed by atoms with Crippen LogP contribution in [-0.4, -0.2) is 34.2 Å². The first-order chi connectivity index (χ1) is 8.83. The molecule has 0 aliphatic carbocycles. The molecule has 1 atom stereocenters. The molecule has 2 aromatic rings. The normalized spacial score (nSPS) is 19.5. The van der Waals surface area contributed by atoms with Gasteiger partial charge in [0.25, 0.3) is 0 Å². The molecule has 1 unspecified atom stereocenters. The van der Waals surface area contributed by atoms with E-state index in [1.807, 2.05) is 18.3 Å². The average molecular weight is 310 g/mol. The Morgan fingerprint density at radius 2 is 2.50 bits per heavy atom. The van der Waals surface area contributed by atoms with E-state index in [2.05, 4.69) is 36.6 Å². The molecule has 2 aromatic heterocycles. The molecule has 0 spiro atoms. The summed E-state index contributed by atoms with van der Waals surface area (Å²) in [7, 11) is 0. The highest BCUT2D eigenvalue weighted by molar-refractivity contribution is 9.10. The summed E-state index contributed by atoms with van der Waals surface area (Å²) < 4.78 is 2.74. The summed E-state index contributed by atoms with van der Waals surface area (Å²) in [6.07, 6.45) is 4.36. The van der Waals surface area contributed by atoms with Crippen molar-refractivity contribution in [1.82, 2.24) is 19.9 Å². The zero-order chi connectivity index (χ0) is 12.4. The number of hydrogen-bond donors (Lipinski definition) is 2. The molecular weight excluding hydrogens is 294 g/mol. The summed E-state index contributed by atoms with van der Waals surface area (Å²) in [6.45, 7) is 3.23. The van der Waals surface area contributed by atoms with Gasteiger partial charge >= 0.3 is 0 Å². The van der Waals surface area contributed by atoms with Crippen molar-refractivity contribution in [2.45, 2.75) is 12.8 Å². The monoisotopic (exact) mass is 309 g/mol. The summed E-state index contributed by atoms with van der Waals surface area (Å²) >= 11 is 3.47. The van der Waals surface area contributed by atoms with Crippen LogP contribution in [0.25, 0.3) is 5.65 Å². The summed E-state index contributed by atoms with van der Waals surface area (Å²) in [5.74, 6) is 1.49. The van der Waals surface area contributed by atoms with Gasteiger partial charge in [0.1, 0.15) is 0 Å². The summed E-state index contributed by atoms with van der Waals surface area (Å²) in [5, 5.41) is 11.1. The fraction of sp³-hybridized carbons (Fsp3) is 0.500. The highest BCUT2D eigenvalue weighted by Gasteiger charge is 2.14. The Kier molecular flexibility index (Phi) is 3.47. The molecule has 0 aromatic carbocycles. The Balaban J connectivity index is 1.62. The molecule has 0 saturated carbocycles. The van der Waals surface area contributed by atoms with E-state index in [0.29, 0.717) is 5.95 Å². The third-order valence-corrected chi connectivity index (χ3v) is 3.93. The third-order valence-electron chi connectivity index (χ3n) is 3.31. The lowest BCUT2D eigenvalue weighted by atomic mass is 10.1. The van der Waals surface area contributed by atoms with Gasteiger partial charge in [0, 0.05) is 12.7 Å². The van der Waals surface area contributed by atoms with E-state index < -0.39 is 0 Å². The van der Waals surface area contributed by atoms with Crippen LogP contribution in [0.1, 0.15) is 12.8 Å². The van der Waals surface area contributed by atoms with Crippen molar-refractivity contribution in [2.75, 3.05) is 25.0 Å². The number of rotatable bonds is 4. The van der Waals surface area contributed by atoms with Gasteiger partial charge in [0.05, 0.1) is 4.47 Å². The van der Waals surface area contributed by atoms with E-state index >= 15 is 0 Å². The van der Waals surface area contributed by atoms with E-state index in [-0.39, 0.29) is 0 Å². The molecule has 0 radical (unpaired) electrons. The minimum absolute atomic E-state index is 0.702. The van der Waals surface area contributed by atoms with Crippen LogP contribution >= 0.6 is 15.9 Å². The first-order valence-electron chi connectivity index (χ1n) is 6.28. The molecule has 2 N–H and O–H groups in total. The Morgan fingerprint density at radius 1 is 1.56 bits per heavy atom. The van der Waals surface area contributed by atoms with Crippen LogP contribution in [0.2, 0.25) is 0 Å². The van der Waals surface area contributed by atoms with Crippen molar-refractivity contribution >= 4 is 27.5 Å². The predicted molar refractivity (Wildman–Crippen MR) is 74.8 cm³/mol. The quantitative estimate of drug-likeness (QED) is 0.906. The van der Waals surface area contributed by atoms with E-state index in [9.17, 15) is 0 Å². The standard InChI is InChI=1S/C12H16BrN5/c13-10-2-1-7-18-11(10)16-12(17-18)15-6-4-9-3-5-14-8-9/h1-2,7,9,14H,3-6,8H2,(H,15,17). The van der Waals surface area contributed by atoms with Gasteiger partial charge in [-0.05, 0) is 59.9 Å².